The molecule has 0 spiro atoms. The maximum absolute atomic E-state index is 12.4. The molecule has 1 unspecified atom stereocenters. The quantitative estimate of drug-likeness (QED) is 0.823. The molecule has 0 aromatic carbocycles. The van der Waals surface area contributed by atoms with Crippen molar-refractivity contribution in [3.63, 3.8) is 0 Å². The Balaban J connectivity index is 1.86. The highest BCUT2D eigenvalue weighted by Gasteiger charge is 2.33. The maximum Gasteiger partial charge on any atom is 0.303 e. The number of piperidine rings is 1. The molecule has 3 N–H and O–H groups in total. The number of carboxylic acids is 1. The zero-order valence-corrected chi connectivity index (χ0v) is 12.1. The van der Waals surface area contributed by atoms with Crippen LogP contribution in [0.2, 0.25) is 0 Å². The zero-order chi connectivity index (χ0) is 14.6. The lowest BCUT2D eigenvalue weighted by atomic mass is 9.79. The molecule has 0 aromatic rings. The third-order valence-corrected chi connectivity index (χ3v) is 4.69. The molecule has 1 saturated carbocycles. The van der Waals surface area contributed by atoms with Gasteiger partial charge in [-0.2, -0.15) is 0 Å². The van der Waals surface area contributed by atoms with Crippen LogP contribution in [0.15, 0.2) is 0 Å². The van der Waals surface area contributed by atoms with Gasteiger partial charge in [-0.15, -0.1) is 0 Å². The lowest BCUT2D eigenvalue weighted by Gasteiger charge is -2.37. The number of likely N-dealkylation sites (tertiary alicyclic amines) is 1. The van der Waals surface area contributed by atoms with Gasteiger partial charge in [-0.25, -0.2) is 0 Å². The van der Waals surface area contributed by atoms with Gasteiger partial charge in [-0.05, 0) is 31.6 Å². The number of nitrogens with zero attached hydrogens (tertiary/aromatic N) is 1. The van der Waals surface area contributed by atoms with Gasteiger partial charge in [0.2, 0.25) is 5.91 Å². The molecule has 5 heteroatoms. The summed E-state index contributed by atoms with van der Waals surface area (Å²) >= 11 is 0. The molecule has 20 heavy (non-hydrogen) atoms. The van der Waals surface area contributed by atoms with E-state index in [2.05, 4.69) is 0 Å². The fourth-order valence-corrected chi connectivity index (χ4v) is 3.55. The van der Waals surface area contributed by atoms with E-state index >= 15 is 0 Å². The molecule has 1 amide bonds. The van der Waals surface area contributed by atoms with Crippen LogP contribution in [-0.4, -0.2) is 40.5 Å². The summed E-state index contributed by atoms with van der Waals surface area (Å²) in [4.78, 5) is 25.0. The van der Waals surface area contributed by atoms with Gasteiger partial charge in [0.15, 0.2) is 0 Å². The highest BCUT2D eigenvalue weighted by atomic mass is 16.4. The normalized spacial score (nSPS) is 26.2. The molecule has 1 aliphatic heterocycles. The minimum Gasteiger partial charge on any atom is -0.481 e. The lowest BCUT2D eigenvalue weighted by molar-refractivity contribution is -0.141. The average Bonchev–Trinajstić information content (AvgIpc) is 2.38. The third-order valence-electron chi connectivity index (χ3n) is 4.69. The van der Waals surface area contributed by atoms with Crippen LogP contribution in [0.1, 0.15) is 57.8 Å². The second-order valence-corrected chi connectivity index (χ2v) is 6.55. The van der Waals surface area contributed by atoms with Crippen molar-refractivity contribution in [2.75, 3.05) is 13.1 Å². The predicted octanol–water partition coefficient (Wildman–Crippen LogP) is 1.75. The first kappa shape index (κ1) is 15.3. The second kappa shape index (κ2) is 6.57. The van der Waals surface area contributed by atoms with Crippen LogP contribution in [0.4, 0.5) is 0 Å². The molecular weight excluding hydrogens is 256 g/mol. The van der Waals surface area contributed by atoms with E-state index in [1.165, 1.54) is 6.42 Å². The van der Waals surface area contributed by atoms with E-state index in [-0.39, 0.29) is 23.8 Å². The molecule has 114 valence electrons. The van der Waals surface area contributed by atoms with E-state index in [9.17, 15) is 9.59 Å². The minimum atomic E-state index is -0.771. The third kappa shape index (κ3) is 4.20. The van der Waals surface area contributed by atoms with Crippen molar-refractivity contribution >= 4 is 11.9 Å². The number of carboxylic acid groups (broad SMARTS) is 1. The Morgan fingerprint density at radius 3 is 2.55 bits per heavy atom. The SMILES string of the molecule is NC1(CC(=O)N2CCCC(CC(=O)O)C2)CCCCC1. The zero-order valence-electron chi connectivity index (χ0n) is 12.1. The lowest BCUT2D eigenvalue weighted by Crippen LogP contribution is -2.49. The number of aliphatic carboxylic acids is 1. The summed E-state index contributed by atoms with van der Waals surface area (Å²) in [5.41, 5.74) is 6.02. The van der Waals surface area contributed by atoms with Gasteiger partial charge in [-0.3, -0.25) is 9.59 Å². The molecule has 1 aliphatic carbocycles. The topological polar surface area (TPSA) is 83.6 Å². The second-order valence-electron chi connectivity index (χ2n) is 6.55. The van der Waals surface area contributed by atoms with E-state index in [1.807, 2.05) is 4.90 Å². The Morgan fingerprint density at radius 2 is 1.90 bits per heavy atom. The fraction of sp³-hybridized carbons (Fsp3) is 0.867. The molecule has 1 saturated heterocycles. The van der Waals surface area contributed by atoms with E-state index in [0.717, 1.165) is 45.1 Å². The average molecular weight is 282 g/mol. The smallest absolute Gasteiger partial charge is 0.303 e. The first-order valence-electron chi connectivity index (χ1n) is 7.77. The summed E-state index contributed by atoms with van der Waals surface area (Å²) in [5, 5.41) is 8.87. The maximum atomic E-state index is 12.4. The van der Waals surface area contributed by atoms with Gasteiger partial charge in [0.1, 0.15) is 0 Å². The molecule has 1 heterocycles. The first-order chi connectivity index (χ1) is 9.48. The Morgan fingerprint density at radius 1 is 1.20 bits per heavy atom. The molecule has 0 radical (unpaired) electrons. The summed E-state index contributed by atoms with van der Waals surface area (Å²) in [5.74, 6) is -0.554. The van der Waals surface area contributed by atoms with Crippen molar-refractivity contribution in [3.8, 4) is 0 Å². The summed E-state index contributed by atoms with van der Waals surface area (Å²) in [6.45, 7) is 1.34. The van der Waals surface area contributed by atoms with Crippen LogP contribution >= 0.6 is 0 Å². The number of hydrogen-bond donors (Lipinski definition) is 2. The molecule has 1 atom stereocenters. The van der Waals surface area contributed by atoms with Crippen molar-refractivity contribution in [1.82, 2.24) is 4.90 Å². The van der Waals surface area contributed by atoms with Crippen molar-refractivity contribution < 1.29 is 14.7 Å². The van der Waals surface area contributed by atoms with Crippen LogP contribution < -0.4 is 5.73 Å². The largest absolute Gasteiger partial charge is 0.481 e. The highest BCUT2D eigenvalue weighted by molar-refractivity contribution is 5.77. The highest BCUT2D eigenvalue weighted by Crippen LogP contribution is 2.30. The van der Waals surface area contributed by atoms with E-state index < -0.39 is 5.97 Å². The van der Waals surface area contributed by atoms with Crippen molar-refractivity contribution in [2.24, 2.45) is 11.7 Å². The van der Waals surface area contributed by atoms with Crippen LogP contribution in [0.5, 0.6) is 0 Å². The Bertz CT molecular complexity index is 364. The number of carbonyl (C=O) groups excluding carboxylic acids is 1. The number of amides is 1. The number of carbonyl (C=O) groups is 2. The van der Waals surface area contributed by atoms with Crippen LogP contribution in [0.25, 0.3) is 0 Å². The number of hydrogen-bond acceptors (Lipinski definition) is 3. The molecule has 2 aliphatic rings. The Hall–Kier alpha value is -1.10. The fourth-order valence-electron chi connectivity index (χ4n) is 3.55. The standard InChI is InChI=1S/C15H26N2O3/c16-15(6-2-1-3-7-15)10-13(18)17-8-4-5-12(11-17)9-14(19)20/h12H,1-11,16H2,(H,19,20). The van der Waals surface area contributed by atoms with E-state index in [0.29, 0.717) is 13.0 Å². The Labute approximate surface area is 120 Å². The van der Waals surface area contributed by atoms with Gasteiger partial charge in [0.05, 0.1) is 0 Å². The Kier molecular flexibility index (Phi) is 5.02. The van der Waals surface area contributed by atoms with Crippen LogP contribution in [-0.2, 0) is 9.59 Å². The summed E-state index contributed by atoms with van der Waals surface area (Å²) in [6.07, 6.45) is 7.72. The van der Waals surface area contributed by atoms with Crippen molar-refractivity contribution in [1.29, 1.82) is 0 Å². The monoisotopic (exact) mass is 282 g/mol. The molecule has 2 fully saturated rings. The number of rotatable bonds is 4. The van der Waals surface area contributed by atoms with Gasteiger partial charge in [0, 0.05) is 31.5 Å². The van der Waals surface area contributed by atoms with Gasteiger partial charge < -0.3 is 15.7 Å². The van der Waals surface area contributed by atoms with Gasteiger partial charge >= 0.3 is 5.97 Å². The molecule has 5 nitrogen and oxygen atoms in total. The summed E-state index contributed by atoms with van der Waals surface area (Å²) in [6, 6.07) is 0. The molecule has 0 bridgehead atoms. The van der Waals surface area contributed by atoms with Gasteiger partial charge in [-0.1, -0.05) is 19.3 Å². The summed E-state index contributed by atoms with van der Waals surface area (Å²) in [7, 11) is 0. The van der Waals surface area contributed by atoms with Crippen molar-refractivity contribution in [3.05, 3.63) is 0 Å². The first-order valence-corrected chi connectivity index (χ1v) is 7.77. The number of nitrogens with two attached hydrogens (primary N) is 1. The molecular formula is C15H26N2O3. The minimum absolute atomic E-state index is 0.102. The van der Waals surface area contributed by atoms with E-state index in [4.69, 9.17) is 10.8 Å². The van der Waals surface area contributed by atoms with E-state index in [1.54, 1.807) is 0 Å². The van der Waals surface area contributed by atoms with Crippen LogP contribution in [0.3, 0.4) is 0 Å². The molecule has 0 aromatic heterocycles. The predicted molar refractivity (Wildman–Crippen MR) is 76.2 cm³/mol. The molecule has 2 rings (SSSR count). The van der Waals surface area contributed by atoms with Crippen molar-refractivity contribution in [2.45, 2.75) is 63.3 Å². The summed E-state index contributed by atoms with van der Waals surface area (Å²) < 4.78 is 0. The van der Waals surface area contributed by atoms with Gasteiger partial charge in [0.25, 0.3) is 0 Å². The van der Waals surface area contributed by atoms with Crippen LogP contribution in [0, 0.1) is 5.92 Å².